The maximum absolute atomic E-state index is 12.5. The lowest BCUT2D eigenvalue weighted by molar-refractivity contribution is -0.0500. The maximum atomic E-state index is 12.5. The summed E-state index contributed by atoms with van der Waals surface area (Å²) in [5, 5.41) is 0. The molecule has 0 bridgehead atoms. The number of methoxy groups -OCH3 is 1. The standard InChI is InChI=1S/C14H11F3O4S/c1-20-12-9-5-8-11(10-6-3-2-4-7-10)13(12)21-22(18,19)14(15,16)17/h2-9H,1H3. The molecule has 4 nitrogen and oxygen atoms in total. The minimum absolute atomic E-state index is 0.117. The smallest absolute Gasteiger partial charge is 0.493 e. The molecular weight excluding hydrogens is 321 g/mol. The maximum Gasteiger partial charge on any atom is 0.534 e. The van der Waals surface area contributed by atoms with Crippen LogP contribution in [0.25, 0.3) is 11.1 Å². The molecule has 0 amide bonds. The summed E-state index contributed by atoms with van der Waals surface area (Å²) in [5.41, 5.74) is -4.86. The molecule has 8 heteroatoms. The van der Waals surface area contributed by atoms with E-state index in [9.17, 15) is 21.6 Å². The van der Waals surface area contributed by atoms with E-state index in [1.807, 2.05) is 0 Å². The fraction of sp³-hybridized carbons (Fsp3) is 0.143. The van der Waals surface area contributed by atoms with Gasteiger partial charge in [-0.2, -0.15) is 21.6 Å². The number of benzene rings is 2. The van der Waals surface area contributed by atoms with Gasteiger partial charge in [0.25, 0.3) is 0 Å². The summed E-state index contributed by atoms with van der Waals surface area (Å²) in [6.45, 7) is 0. The van der Waals surface area contributed by atoms with Crippen molar-refractivity contribution >= 4 is 10.1 Å². The molecule has 0 aromatic heterocycles. The van der Waals surface area contributed by atoms with Crippen LogP contribution in [0.3, 0.4) is 0 Å². The van der Waals surface area contributed by atoms with Crippen molar-refractivity contribution in [3.8, 4) is 22.6 Å². The quantitative estimate of drug-likeness (QED) is 0.634. The highest BCUT2D eigenvalue weighted by molar-refractivity contribution is 7.88. The average Bonchev–Trinajstić information content (AvgIpc) is 2.47. The second kappa shape index (κ2) is 5.88. The Morgan fingerprint density at radius 3 is 2.14 bits per heavy atom. The van der Waals surface area contributed by atoms with E-state index < -0.39 is 21.4 Å². The summed E-state index contributed by atoms with van der Waals surface area (Å²) in [6.07, 6.45) is 0. The van der Waals surface area contributed by atoms with E-state index in [-0.39, 0.29) is 11.3 Å². The van der Waals surface area contributed by atoms with E-state index in [1.165, 1.54) is 25.3 Å². The molecule has 2 aromatic rings. The van der Waals surface area contributed by atoms with Crippen LogP contribution in [0.5, 0.6) is 11.5 Å². The highest BCUT2D eigenvalue weighted by Crippen LogP contribution is 2.40. The summed E-state index contributed by atoms with van der Waals surface area (Å²) in [4.78, 5) is 0. The third-order valence-corrected chi connectivity index (χ3v) is 3.71. The van der Waals surface area contributed by atoms with Crippen LogP contribution in [0.2, 0.25) is 0 Å². The van der Waals surface area contributed by atoms with Crippen molar-refractivity contribution in [3.05, 3.63) is 48.5 Å². The number of rotatable bonds is 4. The molecule has 22 heavy (non-hydrogen) atoms. The Morgan fingerprint density at radius 2 is 1.59 bits per heavy atom. The van der Waals surface area contributed by atoms with Gasteiger partial charge in [0.15, 0.2) is 11.5 Å². The molecule has 0 saturated carbocycles. The lowest BCUT2D eigenvalue weighted by atomic mass is 10.0. The van der Waals surface area contributed by atoms with Crippen LogP contribution in [-0.4, -0.2) is 21.0 Å². The summed E-state index contributed by atoms with van der Waals surface area (Å²) in [7, 11) is -4.59. The first-order valence-corrected chi connectivity index (χ1v) is 7.40. The Kier molecular flexibility index (Phi) is 4.32. The zero-order valence-corrected chi connectivity index (χ0v) is 12.1. The zero-order valence-electron chi connectivity index (χ0n) is 11.3. The molecule has 0 fully saturated rings. The molecule has 0 heterocycles. The Labute approximate surface area is 125 Å². The predicted octanol–water partition coefficient (Wildman–Crippen LogP) is 3.59. The van der Waals surface area contributed by atoms with E-state index in [1.54, 1.807) is 30.3 Å². The van der Waals surface area contributed by atoms with Crippen molar-refractivity contribution in [3.63, 3.8) is 0 Å². The van der Waals surface area contributed by atoms with Gasteiger partial charge in [-0.25, -0.2) is 0 Å². The number of hydrogen-bond acceptors (Lipinski definition) is 4. The van der Waals surface area contributed by atoms with Crippen molar-refractivity contribution in [2.24, 2.45) is 0 Å². The van der Waals surface area contributed by atoms with E-state index >= 15 is 0 Å². The number of hydrogen-bond donors (Lipinski definition) is 0. The molecule has 0 atom stereocenters. The Hall–Kier alpha value is -2.22. The van der Waals surface area contributed by atoms with Crippen LogP contribution < -0.4 is 8.92 Å². The van der Waals surface area contributed by atoms with Crippen molar-refractivity contribution in [2.45, 2.75) is 5.51 Å². The molecular formula is C14H11F3O4S. The van der Waals surface area contributed by atoms with E-state index in [2.05, 4.69) is 4.18 Å². The lowest BCUT2D eigenvalue weighted by Crippen LogP contribution is -2.28. The summed E-state index contributed by atoms with van der Waals surface area (Å²) < 4.78 is 69.4. The third-order valence-electron chi connectivity index (χ3n) is 2.76. The Morgan fingerprint density at radius 1 is 0.955 bits per heavy atom. The van der Waals surface area contributed by atoms with E-state index in [4.69, 9.17) is 4.74 Å². The Balaban J connectivity index is 2.60. The van der Waals surface area contributed by atoms with Gasteiger partial charge in [-0.1, -0.05) is 42.5 Å². The summed E-state index contributed by atoms with van der Waals surface area (Å²) in [6, 6.07) is 12.6. The van der Waals surface area contributed by atoms with Gasteiger partial charge < -0.3 is 8.92 Å². The number of halogens is 3. The van der Waals surface area contributed by atoms with Crippen LogP contribution >= 0.6 is 0 Å². The van der Waals surface area contributed by atoms with Crippen LogP contribution in [0.4, 0.5) is 13.2 Å². The first kappa shape index (κ1) is 16.2. The molecule has 0 unspecified atom stereocenters. The topological polar surface area (TPSA) is 52.6 Å². The predicted molar refractivity (Wildman–Crippen MR) is 74.0 cm³/mol. The molecule has 2 aromatic carbocycles. The fourth-order valence-corrected chi connectivity index (χ4v) is 2.25. The third kappa shape index (κ3) is 3.16. The van der Waals surface area contributed by atoms with Crippen molar-refractivity contribution < 1.29 is 30.5 Å². The minimum Gasteiger partial charge on any atom is -0.493 e. The highest BCUT2D eigenvalue weighted by Gasteiger charge is 2.49. The van der Waals surface area contributed by atoms with Gasteiger partial charge in [-0.3, -0.25) is 0 Å². The molecule has 0 aliphatic carbocycles. The first-order chi connectivity index (χ1) is 10.3. The van der Waals surface area contributed by atoms with Crippen LogP contribution in [-0.2, 0) is 10.1 Å². The van der Waals surface area contributed by atoms with Gasteiger partial charge in [0.05, 0.1) is 7.11 Å². The summed E-state index contributed by atoms with van der Waals surface area (Å²) >= 11 is 0. The molecule has 0 saturated heterocycles. The average molecular weight is 332 g/mol. The SMILES string of the molecule is COc1cccc(-c2ccccc2)c1OS(=O)(=O)C(F)(F)F. The van der Waals surface area contributed by atoms with Crippen molar-refractivity contribution in [1.29, 1.82) is 0 Å². The van der Waals surface area contributed by atoms with Gasteiger partial charge in [0.2, 0.25) is 0 Å². The monoisotopic (exact) mass is 332 g/mol. The van der Waals surface area contributed by atoms with Crippen molar-refractivity contribution in [2.75, 3.05) is 7.11 Å². The molecule has 0 aliphatic rings. The van der Waals surface area contributed by atoms with E-state index in [0.29, 0.717) is 5.56 Å². The molecule has 0 aliphatic heterocycles. The van der Waals surface area contributed by atoms with Crippen LogP contribution in [0.15, 0.2) is 48.5 Å². The van der Waals surface area contributed by atoms with Crippen molar-refractivity contribution in [1.82, 2.24) is 0 Å². The van der Waals surface area contributed by atoms with Gasteiger partial charge in [0.1, 0.15) is 0 Å². The van der Waals surface area contributed by atoms with Gasteiger partial charge in [-0.05, 0) is 11.6 Å². The molecule has 118 valence electrons. The normalized spacial score (nSPS) is 12.0. The summed E-state index contributed by atoms with van der Waals surface area (Å²) in [5.74, 6) is -0.622. The highest BCUT2D eigenvalue weighted by atomic mass is 32.2. The first-order valence-electron chi connectivity index (χ1n) is 5.99. The molecule has 0 N–H and O–H groups in total. The number of alkyl halides is 3. The molecule has 2 rings (SSSR count). The number of ether oxygens (including phenoxy) is 1. The Bertz CT molecular complexity index is 755. The lowest BCUT2D eigenvalue weighted by Gasteiger charge is -2.15. The molecule has 0 radical (unpaired) electrons. The largest absolute Gasteiger partial charge is 0.534 e. The van der Waals surface area contributed by atoms with Crippen LogP contribution in [0, 0.1) is 0 Å². The minimum atomic E-state index is -5.79. The van der Waals surface area contributed by atoms with Gasteiger partial charge in [0, 0.05) is 5.56 Å². The van der Waals surface area contributed by atoms with Crippen LogP contribution in [0.1, 0.15) is 0 Å². The number of para-hydroxylation sites is 1. The zero-order chi connectivity index (χ0) is 16.4. The second-order valence-electron chi connectivity index (χ2n) is 4.19. The van der Waals surface area contributed by atoms with Gasteiger partial charge in [-0.15, -0.1) is 0 Å². The second-order valence-corrected chi connectivity index (χ2v) is 5.72. The fourth-order valence-electron chi connectivity index (χ4n) is 1.76. The molecule has 0 spiro atoms. The van der Waals surface area contributed by atoms with Gasteiger partial charge >= 0.3 is 15.6 Å². The van der Waals surface area contributed by atoms with E-state index in [0.717, 1.165) is 0 Å².